The Hall–Kier alpha value is -5.80. The molecule has 4 saturated heterocycles. The number of phenols is 1. The molecule has 0 saturated carbocycles. The summed E-state index contributed by atoms with van der Waals surface area (Å²) in [5, 5.41) is 19.9. The lowest BCUT2D eigenvalue weighted by molar-refractivity contribution is -0.157. The summed E-state index contributed by atoms with van der Waals surface area (Å²) in [6.45, 7) is 17.2. The molecule has 0 radical (unpaired) electrons. The highest BCUT2D eigenvalue weighted by Gasteiger charge is 2.59. The van der Waals surface area contributed by atoms with Gasteiger partial charge >= 0.3 is 5.97 Å². The molecule has 350 valence electrons. The van der Waals surface area contributed by atoms with E-state index in [1.54, 1.807) is 21.9 Å². The van der Waals surface area contributed by atoms with Crippen molar-refractivity contribution in [1.82, 2.24) is 40.4 Å². The summed E-state index contributed by atoms with van der Waals surface area (Å²) in [5.74, 6) is -1.64. The number of amides is 4. The Morgan fingerprint density at radius 2 is 1.79 bits per heavy atom. The van der Waals surface area contributed by atoms with E-state index in [1.165, 1.54) is 5.01 Å². The number of benzene rings is 2. The predicted molar refractivity (Wildman–Crippen MR) is 250 cm³/mol. The summed E-state index contributed by atoms with van der Waals surface area (Å²) < 4.78 is 8.46. The minimum atomic E-state index is -1.13. The number of carbonyl (C=O) groups is 5. The highest BCUT2D eigenvalue weighted by molar-refractivity contribution is 5.97. The van der Waals surface area contributed by atoms with Gasteiger partial charge < -0.3 is 34.8 Å². The summed E-state index contributed by atoms with van der Waals surface area (Å²) in [6.07, 6.45) is 3.96. The summed E-state index contributed by atoms with van der Waals surface area (Å²) in [5.41, 5.74) is 9.43. The van der Waals surface area contributed by atoms with E-state index in [-0.39, 0.29) is 48.5 Å². The Morgan fingerprint density at radius 3 is 2.50 bits per heavy atom. The fourth-order valence-corrected chi connectivity index (χ4v) is 10.9. The fraction of sp³-hybridized carbons (Fsp3) is 0.529. The number of aromatic hydroxyl groups is 1. The average molecular weight is 901 g/mol. The second kappa shape index (κ2) is 17.4. The molecule has 4 atom stereocenters. The fourth-order valence-electron chi connectivity index (χ4n) is 10.9. The Balaban J connectivity index is 1.09. The van der Waals surface area contributed by atoms with Gasteiger partial charge in [0.15, 0.2) is 0 Å². The summed E-state index contributed by atoms with van der Waals surface area (Å²) in [4.78, 5) is 78.4. The van der Waals surface area contributed by atoms with Crippen LogP contribution in [0.1, 0.15) is 90.5 Å². The van der Waals surface area contributed by atoms with Gasteiger partial charge in [-0.25, -0.2) is 5.43 Å². The van der Waals surface area contributed by atoms with Gasteiger partial charge in [0.05, 0.1) is 29.5 Å². The minimum absolute atomic E-state index is 0.00596. The predicted octanol–water partition coefficient (Wildman–Crippen LogP) is 4.92. The van der Waals surface area contributed by atoms with Crippen molar-refractivity contribution in [1.29, 1.82) is 0 Å². The third-order valence-electron chi connectivity index (χ3n) is 14.3. The van der Waals surface area contributed by atoms with Crippen LogP contribution in [0.5, 0.6) is 5.75 Å². The molecule has 9 rings (SSSR count). The van der Waals surface area contributed by atoms with Crippen molar-refractivity contribution in [3.63, 3.8) is 0 Å². The van der Waals surface area contributed by atoms with E-state index in [2.05, 4.69) is 73.4 Å². The molecule has 7 heterocycles. The average Bonchev–Trinajstić information content (AvgIpc) is 4.02. The van der Waals surface area contributed by atoms with Crippen LogP contribution in [0.4, 0.5) is 0 Å². The van der Waals surface area contributed by atoms with E-state index in [0.717, 1.165) is 44.5 Å². The molecular formula is C51H64N8O7. The van der Waals surface area contributed by atoms with Crippen molar-refractivity contribution in [2.75, 3.05) is 39.3 Å². The quantitative estimate of drug-likeness (QED) is 0.140. The number of carbonyl (C=O) groups excluding carboxylic acids is 5. The molecule has 1 spiro atoms. The van der Waals surface area contributed by atoms with Gasteiger partial charge in [0.2, 0.25) is 17.7 Å². The molecule has 4 aromatic rings. The number of nitrogens with zero attached hydrogens (tertiary/aromatic N) is 5. The first-order valence-electron chi connectivity index (χ1n) is 23.8. The van der Waals surface area contributed by atoms with Crippen molar-refractivity contribution in [2.24, 2.45) is 16.7 Å². The third-order valence-corrected chi connectivity index (χ3v) is 14.3. The van der Waals surface area contributed by atoms with Gasteiger partial charge in [0, 0.05) is 73.8 Å². The molecule has 5 aliphatic rings. The molecule has 0 unspecified atom stereocenters. The minimum Gasteiger partial charge on any atom is -0.508 e. The number of phenolic OH excluding ortho intramolecular Hbond substituents is 1. The normalized spacial score (nSPS) is 23.3. The van der Waals surface area contributed by atoms with E-state index in [4.69, 9.17) is 9.72 Å². The lowest BCUT2D eigenvalue weighted by atomic mass is 9.78. The summed E-state index contributed by atoms with van der Waals surface area (Å²) in [6, 6.07) is 12.7. The van der Waals surface area contributed by atoms with Crippen LogP contribution in [0.3, 0.4) is 0 Å². The number of hydrogen-bond donors (Lipinski definition) is 4. The van der Waals surface area contributed by atoms with Crippen LogP contribution in [-0.2, 0) is 48.1 Å². The van der Waals surface area contributed by atoms with Gasteiger partial charge in [0.1, 0.15) is 23.9 Å². The van der Waals surface area contributed by atoms with E-state index in [9.17, 15) is 29.1 Å². The van der Waals surface area contributed by atoms with E-state index in [1.807, 2.05) is 38.2 Å². The lowest BCUT2D eigenvalue weighted by Crippen LogP contribution is -2.64. The largest absolute Gasteiger partial charge is 0.508 e. The molecule has 66 heavy (non-hydrogen) atoms. The molecule has 0 aliphatic carbocycles. The molecule has 2 aromatic heterocycles. The number of esters is 1. The van der Waals surface area contributed by atoms with Crippen molar-refractivity contribution < 1.29 is 33.8 Å². The SMILES string of the molecule is CCn1c(-c2cccnc2C(C)C)c2c3cc(ccc31)-c1cc(O)cc(c1)C[C@H](NC(=O)[C@H](C(C)C)N1CCC3(CN(C(=O)[C@H]4CN4)C3)C1=O)C(=O)N1CCC[C@H](N1)C(=O)OCC(C)(C)C2. The topological polar surface area (TPSA) is 188 Å². The number of aryl methyl sites for hydroxylation is 1. The number of nitrogens with one attached hydrogen (secondary N) is 3. The summed E-state index contributed by atoms with van der Waals surface area (Å²) >= 11 is 0. The lowest BCUT2D eigenvalue weighted by Gasteiger charge is -2.46. The monoisotopic (exact) mass is 900 g/mol. The van der Waals surface area contributed by atoms with Crippen molar-refractivity contribution >= 4 is 40.5 Å². The standard InChI is InChI=1S/C51H64N8O7/c1-8-57-41-14-13-32-23-36(41)37(44(57)35-11-9-16-52-42(35)29(2)3)24-50(6,7)28-66-48(64)38-12-10-17-59(55-38)47(63)39(21-31-19-33(32)22-34(60)20-31)54-45(61)43(30(4)5)58-18-15-51(49(58)65)26-56(27-51)46(62)40-25-53-40/h9,11,13-14,16,19-20,22-23,29-30,38-40,43,53,55,60H,8,10,12,15,17-18,21,24-28H2,1-7H3,(H,54,61)/t38-,39-,40+,43-/m0/s1. The number of likely N-dealkylation sites (tertiary alicyclic amines) is 2. The second-order valence-electron chi connectivity index (χ2n) is 20.7. The number of rotatable bonds is 8. The number of cyclic esters (lactones) is 1. The van der Waals surface area contributed by atoms with Crippen LogP contribution >= 0.6 is 0 Å². The first kappa shape index (κ1) is 45.4. The van der Waals surface area contributed by atoms with E-state index >= 15 is 0 Å². The van der Waals surface area contributed by atoms with Gasteiger partial charge in [-0.05, 0) is 103 Å². The van der Waals surface area contributed by atoms with Crippen LogP contribution in [0.25, 0.3) is 33.3 Å². The number of aromatic nitrogens is 2. The van der Waals surface area contributed by atoms with Crippen LogP contribution in [0.15, 0.2) is 54.7 Å². The number of pyridine rings is 1. The zero-order chi connectivity index (χ0) is 46.8. The maximum Gasteiger partial charge on any atom is 0.324 e. The van der Waals surface area contributed by atoms with Gasteiger partial charge in [-0.2, -0.15) is 0 Å². The number of hydrazine groups is 1. The zero-order valence-electron chi connectivity index (χ0n) is 39.3. The molecule has 15 heteroatoms. The maximum atomic E-state index is 14.8. The van der Waals surface area contributed by atoms with Crippen LogP contribution in [0, 0.1) is 16.7 Å². The number of ether oxygens (including phenoxy) is 1. The third kappa shape index (κ3) is 8.44. The Morgan fingerprint density at radius 1 is 1.02 bits per heavy atom. The summed E-state index contributed by atoms with van der Waals surface area (Å²) in [7, 11) is 0. The number of hydrogen-bond acceptors (Lipinski definition) is 10. The molecule has 2 aromatic carbocycles. The second-order valence-corrected chi connectivity index (χ2v) is 20.7. The highest BCUT2D eigenvalue weighted by Crippen LogP contribution is 2.44. The van der Waals surface area contributed by atoms with Crippen LogP contribution < -0.4 is 16.1 Å². The van der Waals surface area contributed by atoms with Crippen molar-refractivity contribution in [2.45, 2.75) is 117 Å². The first-order valence-corrected chi connectivity index (χ1v) is 23.8. The molecular weight excluding hydrogens is 837 g/mol. The van der Waals surface area contributed by atoms with Gasteiger partial charge in [0.25, 0.3) is 5.91 Å². The molecule has 15 nitrogen and oxygen atoms in total. The Kier molecular flexibility index (Phi) is 12.0. The zero-order valence-corrected chi connectivity index (χ0v) is 39.3. The molecule has 4 fully saturated rings. The molecule has 4 N–H and O–H groups in total. The highest BCUT2D eigenvalue weighted by atomic mass is 16.5. The van der Waals surface area contributed by atoms with E-state index < -0.39 is 46.7 Å². The first-order chi connectivity index (χ1) is 31.5. The van der Waals surface area contributed by atoms with Crippen molar-refractivity contribution in [3.05, 3.63) is 71.5 Å². The molecule has 5 aliphatic heterocycles. The smallest absolute Gasteiger partial charge is 0.324 e. The molecule has 6 bridgehead atoms. The van der Waals surface area contributed by atoms with E-state index in [0.29, 0.717) is 70.5 Å². The maximum absolute atomic E-state index is 14.8. The van der Waals surface area contributed by atoms with Gasteiger partial charge in [-0.3, -0.25) is 34.0 Å². The van der Waals surface area contributed by atoms with Crippen molar-refractivity contribution in [3.8, 4) is 28.1 Å². The van der Waals surface area contributed by atoms with Crippen LogP contribution in [-0.4, -0.2) is 123 Å². The molecule has 4 amide bonds. The Bertz CT molecular complexity index is 2590. The number of fused-ring (bicyclic) bond motifs is 6. The van der Waals surface area contributed by atoms with Gasteiger partial charge in [-0.1, -0.05) is 53.7 Å². The Labute approximate surface area is 386 Å². The van der Waals surface area contributed by atoms with Crippen LogP contribution in [0.2, 0.25) is 0 Å². The van der Waals surface area contributed by atoms with Gasteiger partial charge in [-0.15, -0.1) is 0 Å².